The van der Waals surface area contributed by atoms with Gasteiger partial charge in [0.1, 0.15) is 11.0 Å². The molecule has 1 unspecified atom stereocenters. The maximum atomic E-state index is 11.0. The molecule has 2 aromatic rings. The number of rotatable bonds is 5. The van der Waals surface area contributed by atoms with Gasteiger partial charge in [-0.2, -0.15) is 0 Å². The summed E-state index contributed by atoms with van der Waals surface area (Å²) in [6.45, 7) is 2.74. The molecule has 1 aromatic heterocycles. The molecule has 4 nitrogen and oxygen atoms in total. The second-order valence-electron chi connectivity index (χ2n) is 4.56. The summed E-state index contributed by atoms with van der Waals surface area (Å²) < 4.78 is 0. The molecule has 0 fully saturated rings. The van der Waals surface area contributed by atoms with Crippen LogP contribution in [-0.2, 0) is 0 Å². The van der Waals surface area contributed by atoms with Crippen molar-refractivity contribution >= 4 is 23.4 Å². The average Bonchev–Trinajstić information content (AvgIpc) is 2.45. The highest BCUT2D eigenvalue weighted by Crippen LogP contribution is 2.18. The summed E-state index contributed by atoms with van der Waals surface area (Å²) in [6.07, 6.45) is 0. The monoisotopic (exact) mass is 290 g/mol. The van der Waals surface area contributed by atoms with Crippen molar-refractivity contribution in [3.8, 4) is 0 Å². The number of pyridine rings is 1. The third kappa shape index (κ3) is 3.71. The number of hydrogen-bond donors (Lipinski definition) is 2. The fraction of sp³-hybridized carbons (Fsp3) is 0.200. The zero-order chi connectivity index (χ0) is 14.5. The van der Waals surface area contributed by atoms with Gasteiger partial charge in [-0.1, -0.05) is 48.9 Å². The molecule has 0 aliphatic rings. The number of halogens is 1. The van der Waals surface area contributed by atoms with Gasteiger partial charge in [-0.05, 0) is 23.6 Å². The van der Waals surface area contributed by atoms with Crippen molar-refractivity contribution in [3.05, 3.63) is 58.7 Å². The van der Waals surface area contributed by atoms with Crippen LogP contribution in [0.25, 0.3) is 0 Å². The Morgan fingerprint density at radius 3 is 2.70 bits per heavy atom. The van der Waals surface area contributed by atoms with Crippen LogP contribution >= 0.6 is 11.6 Å². The van der Waals surface area contributed by atoms with Gasteiger partial charge >= 0.3 is 5.97 Å². The molecule has 2 N–H and O–H groups in total. The Hall–Kier alpha value is -2.07. The minimum Gasteiger partial charge on any atom is -0.478 e. The number of aromatic carboxylic acids is 1. The van der Waals surface area contributed by atoms with E-state index < -0.39 is 5.97 Å². The third-order valence-corrected chi connectivity index (χ3v) is 3.19. The molecule has 1 atom stereocenters. The highest BCUT2D eigenvalue weighted by Gasteiger charge is 2.09. The number of benzene rings is 1. The second-order valence-corrected chi connectivity index (χ2v) is 4.95. The Morgan fingerprint density at radius 2 is 2.05 bits per heavy atom. The van der Waals surface area contributed by atoms with E-state index >= 15 is 0 Å². The smallest absolute Gasteiger partial charge is 0.335 e. The molecule has 0 bridgehead atoms. The molecule has 1 heterocycles. The van der Waals surface area contributed by atoms with E-state index in [0.717, 1.165) is 0 Å². The molecule has 2 rings (SSSR count). The van der Waals surface area contributed by atoms with Gasteiger partial charge in [0.05, 0.1) is 5.56 Å². The number of anilines is 1. The lowest BCUT2D eigenvalue weighted by molar-refractivity contribution is 0.0697. The highest BCUT2D eigenvalue weighted by atomic mass is 35.5. The van der Waals surface area contributed by atoms with Crippen molar-refractivity contribution in [3.63, 3.8) is 0 Å². The van der Waals surface area contributed by atoms with E-state index in [1.807, 2.05) is 18.2 Å². The average molecular weight is 291 g/mol. The maximum absolute atomic E-state index is 11.0. The first-order valence-electron chi connectivity index (χ1n) is 6.26. The number of aromatic nitrogens is 1. The van der Waals surface area contributed by atoms with Crippen molar-refractivity contribution in [1.29, 1.82) is 0 Å². The lowest BCUT2D eigenvalue weighted by atomic mass is 10.0. The lowest BCUT2D eigenvalue weighted by Gasteiger charge is -2.14. The van der Waals surface area contributed by atoms with E-state index in [1.165, 1.54) is 17.7 Å². The second kappa shape index (κ2) is 6.39. The number of carboxylic acid groups (broad SMARTS) is 1. The molecule has 0 aliphatic carbocycles. The normalized spacial score (nSPS) is 11.9. The standard InChI is InChI=1S/C15H15ClN2O2/c1-10(11-5-3-2-4-6-11)9-17-14-8-12(15(19)20)7-13(16)18-14/h2-8,10H,9H2,1H3,(H,17,18)(H,19,20). The molecule has 104 valence electrons. The maximum Gasteiger partial charge on any atom is 0.335 e. The van der Waals surface area contributed by atoms with Gasteiger partial charge < -0.3 is 10.4 Å². The largest absolute Gasteiger partial charge is 0.478 e. The van der Waals surface area contributed by atoms with Crippen molar-refractivity contribution in [2.45, 2.75) is 12.8 Å². The summed E-state index contributed by atoms with van der Waals surface area (Å²) in [5, 5.41) is 12.3. The third-order valence-electron chi connectivity index (χ3n) is 3.00. The molecule has 0 radical (unpaired) electrons. The Kier molecular flexibility index (Phi) is 4.58. The summed E-state index contributed by atoms with van der Waals surface area (Å²) in [7, 11) is 0. The van der Waals surface area contributed by atoms with Gasteiger partial charge in [0.15, 0.2) is 0 Å². The van der Waals surface area contributed by atoms with Crippen LogP contribution in [0.2, 0.25) is 5.15 Å². The van der Waals surface area contributed by atoms with Crippen molar-refractivity contribution in [2.24, 2.45) is 0 Å². The van der Waals surface area contributed by atoms with Crippen LogP contribution in [0.3, 0.4) is 0 Å². The van der Waals surface area contributed by atoms with Crippen LogP contribution in [0.4, 0.5) is 5.82 Å². The van der Waals surface area contributed by atoms with E-state index in [2.05, 4.69) is 29.4 Å². The number of nitrogens with zero attached hydrogens (tertiary/aromatic N) is 1. The molecular formula is C15H15ClN2O2. The summed E-state index contributed by atoms with van der Waals surface area (Å²) in [5.41, 5.74) is 1.33. The van der Waals surface area contributed by atoms with E-state index in [0.29, 0.717) is 12.4 Å². The lowest BCUT2D eigenvalue weighted by Crippen LogP contribution is -2.11. The molecule has 0 aliphatic heterocycles. The predicted octanol–water partition coefficient (Wildman–Crippen LogP) is 3.65. The van der Waals surface area contributed by atoms with Gasteiger partial charge in [0, 0.05) is 6.54 Å². The highest BCUT2D eigenvalue weighted by molar-refractivity contribution is 6.29. The fourth-order valence-electron chi connectivity index (χ4n) is 1.87. The summed E-state index contributed by atoms with van der Waals surface area (Å²) in [5.74, 6) is -0.267. The topological polar surface area (TPSA) is 62.2 Å². The van der Waals surface area contributed by atoms with Gasteiger partial charge in [-0.3, -0.25) is 0 Å². The van der Waals surface area contributed by atoms with Crippen LogP contribution in [0.1, 0.15) is 28.8 Å². The number of hydrogen-bond acceptors (Lipinski definition) is 3. The Labute approximate surface area is 122 Å². The minimum atomic E-state index is -1.02. The van der Waals surface area contributed by atoms with E-state index in [9.17, 15) is 4.79 Å². The molecule has 0 saturated carbocycles. The van der Waals surface area contributed by atoms with Crippen LogP contribution in [0.5, 0.6) is 0 Å². The summed E-state index contributed by atoms with van der Waals surface area (Å²) in [6, 6.07) is 12.9. The first-order valence-corrected chi connectivity index (χ1v) is 6.64. The van der Waals surface area contributed by atoms with Gasteiger partial charge in [-0.15, -0.1) is 0 Å². The van der Waals surface area contributed by atoms with Gasteiger partial charge in [0.25, 0.3) is 0 Å². The quantitative estimate of drug-likeness (QED) is 0.825. The number of carboxylic acids is 1. The fourth-order valence-corrected chi connectivity index (χ4v) is 2.08. The van der Waals surface area contributed by atoms with Crippen LogP contribution in [-0.4, -0.2) is 22.6 Å². The van der Waals surface area contributed by atoms with Gasteiger partial charge in [0.2, 0.25) is 0 Å². The van der Waals surface area contributed by atoms with Crippen LogP contribution < -0.4 is 5.32 Å². The number of carbonyl (C=O) groups is 1. The number of nitrogens with one attached hydrogen (secondary N) is 1. The Bertz CT molecular complexity index is 602. The molecule has 0 saturated heterocycles. The SMILES string of the molecule is CC(CNc1cc(C(=O)O)cc(Cl)n1)c1ccccc1. The van der Waals surface area contributed by atoms with Gasteiger partial charge in [-0.25, -0.2) is 9.78 Å². The van der Waals surface area contributed by atoms with Crippen LogP contribution in [0.15, 0.2) is 42.5 Å². The molecule has 0 spiro atoms. The predicted molar refractivity (Wildman–Crippen MR) is 79.6 cm³/mol. The minimum absolute atomic E-state index is 0.125. The molecule has 5 heteroatoms. The molecular weight excluding hydrogens is 276 g/mol. The van der Waals surface area contributed by atoms with Crippen molar-refractivity contribution < 1.29 is 9.90 Å². The zero-order valence-electron chi connectivity index (χ0n) is 11.0. The zero-order valence-corrected chi connectivity index (χ0v) is 11.8. The van der Waals surface area contributed by atoms with E-state index in [-0.39, 0.29) is 16.6 Å². The van der Waals surface area contributed by atoms with E-state index in [4.69, 9.17) is 16.7 Å². The first-order chi connectivity index (χ1) is 9.56. The van der Waals surface area contributed by atoms with Crippen molar-refractivity contribution in [2.75, 3.05) is 11.9 Å². The van der Waals surface area contributed by atoms with Crippen LogP contribution in [0, 0.1) is 0 Å². The first kappa shape index (κ1) is 14.3. The van der Waals surface area contributed by atoms with E-state index in [1.54, 1.807) is 0 Å². The Balaban J connectivity index is 2.06. The van der Waals surface area contributed by atoms with Crippen molar-refractivity contribution in [1.82, 2.24) is 4.98 Å². The molecule has 0 amide bonds. The molecule has 20 heavy (non-hydrogen) atoms. The molecule has 1 aromatic carbocycles. The Morgan fingerprint density at radius 1 is 1.35 bits per heavy atom. The summed E-state index contributed by atoms with van der Waals surface area (Å²) >= 11 is 5.81. The summed E-state index contributed by atoms with van der Waals surface area (Å²) in [4.78, 5) is 15.0.